The van der Waals surface area contributed by atoms with Crippen molar-refractivity contribution in [3.05, 3.63) is 0 Å². The Morgan fingerprint density at radius 3 is 2.00 bits per heavy atom. The fraction of sp³-hybridized carbons (Fsp3) is 1.00. The molecule has 3 nitrogen and oxygen atoms in total. The molecule has 56 valence electrons. The smallest absolute Gasteiger partial charge is 0.327 e. The van der Waals surface area contributed by atoms with E-state index in [0.717, 1.165) is 0 Å². The molecule has 0 spiro atoms. The van der Waals surface area contributed by atoms with Crippen molar-refractivity contribution < 1.29 is 14.3 Å². The molecule has 0 amide bonds. The summed E-state index contributed by atoms with van der Waals surface area (Å²) in [5, 5.41) is 0. The molecule has 0 saturated carbocycles. The van der Waals surface area contributed by atoms with Gasteiger partial charge in [0.1, 0.15) is 0 Å². The molecule has 0 saturated heterocycles. The maximum absolute atomic E-state index is 8.20. The highest BCUT2D eigenvalue weighted by Crippen LogP contribution is 2.24. The first kappa shape index (κ1) is 12.5. The Labute approximate surface area is 67.2 Å². The molecule has 0 bridgehead atoms. The van der Waals surface area contributed by atoms with Crippen molar-refractivity contribution in [1.82, 2.24) is 0 Å². The van der Waals surface area contributed by atoms with Crippen LogP contribution in [0.1, 0.15) is 13.8 Å². The largest absolute Gasteiger partial charge is 0.328 e. The highest BCUT2D eigenvalue weighted by atomic mass is 31.2. The van der Waals surface area contributed by atoms with Gasteiger partial charge in [-0.1, -0.05) is 13.8 Å². The highest BCUT2D eigenvalue weighted by molar-refractivity contribution is 7.39. The van der Waals surface area contributed by atoms with Crippen LogP contribution in [-0.2, 0) is 4.52 Å². The van der Waals surface area contributed by atoms with Crippen LogP contribution >= 0.6 is 8.60 Å². The van der Waals surface area contributed by atoms with Gasteiger partial charge in [0.25, 0.3) is 0 Å². The van der Waals surface area contributed by atoms with Crippen molar-refractivity contribution in [3.8, 4) is 0 Å². The second kappa shape index (κ2) is 6.96. The molecule has 0 aromatic rings. The SMILES string of the molecule is CC(C)COP(O)O.[AlH3]. The van der Waals surface area contributed by atoms with E-state index in [2.05, 4.69) is 4.52 Å². The van der Waals surface area contributed by atoms with Crippen molar-refractivity contribution in [2.45, 2.75) is 13.8 Å². The molecule has 0 aromatic heterocycles. The lowest BCUT2D eigenvalue weighted by molar-refractivity contribution is 0.226. The molecule has 5 heteroatoms. The minimum atomic E-state index is -2.13. The first-order valence-electron chi connectivity index (χ1n) is 2.43. The molecule has 0 unspecified atom stereocenters. The van der Waals surface area contributed by atoms with Crippen LogP contribution in [0.4, 0.5) is 0 Å². The molecule has 0 aliphatic heterocycles. The third kappa shape index (κ3) is 12.1. The van der Waals surface area contributed by atoms with Crippen molar-refractivity contribution in [2.75, 3.05) is 6.61 Å². The van der Waals surface area contributed by atoms with Gasteiger partial charge in [-0.05, 0) is 5.92 Å². The number of hydrogen-bond acceptors (Lipinski definition) is 3. The van der Waals surface area contributed by atoms with Crippen LogP contribution in [-0.4, -0.2) is 33.8 Å². The zero-order valence-electron chi connectivity index (χ0n) is 5.03. The fourth-order valence-corrected chi connectivity index (χ4v) is 0.647. The quantitative estimate of drug-likeness (QED) is 0.448. The molecule has 0 atom stereocenters. The van der Waals surface area contributed by atoms with E-state index in [0.29, 0.717) is 12.5 Å². The first-order valence-corrected chi connectivity index (χ1v) is 3.60. The van der Waals surface area contributed by atoms with Crippen molar-refractivity contribution in [2.24, 2.45) is 5.92 Å². The molecule has 0 aromatic carbocycles. The molecule has 0 heterocycles. The van der Waals surface area contributed by atoms with Crippen LogP contribution in [0.3, 0.4) is 0 Å². The van der Waals surface area contributed by atoms with Crippen molar-refractivity contribution >= 4 is 26.0 Å². The van der Waals surface area contributed by atoms with E-state index in [9.17, 15) is 0 Å². The van der Waals surface area contributed by atoms with Gasteiger partial charge in [-0.25, -0.2) is 0 Å². The van der Waals surface area contributed by atoms with Crippen LogP contribution < -0.4 is 0 Å². The molecule has 0 aliphatic rings. The van der Waals surface area contributed by atoms with E-state index < -0.39 is 8.60 Å². The predicted molar refractivity (Wildman–Crippen MR) is 42.1 cm³/mol. The Balaban J connectivity index is 0. The molecular weight excluding hydrogens is 154 g/mol. The van der Waals surface area contributed by atoms with E-state index in [4.69, 9.17) is 9.79 Å². The summed E-state index contributed by atoms with van der Waals surface area (Å²) in [5.74, 6) is 0.360. The van der Waals surface area contributed by atoms with Crippen LogP contribution in [0.15, 0.2) is 0 Å². The third-order valence-electron chi connectivity index (χ3n) is 0.523. The zero-order valence-corrected chi connectivity index (χ0v) is 5.93. The lowest BCUT2D eigenvalue weighted by atomic mass is 10.2. The summed E-state index contributed by atoms with van der Waals surface area (Å²) in [4.78, 5) is 16.4. The Morgan fingerprint density at radius 2 is 1.89 bits per heavy atom. The molecule has 0 fully saturated rings. The van der Waals surface area contributed by atoms with Gasteiger partial charge in [-0.15, -0.1) is 0 Å². The molecule has 9 heavy (non-hydrogen) atoms. The average molecular weight is 168 g/mol. The van der Waals surface area contributed by atoms with Crippen LogP contribution in [0.5, 0.6) is 0 Å². The molecular formula is C4H14AlO3P. The summed E-state index contributed by atoms with van der Waals surface area (Å²) >= 11 is 0. The minimum absolute atomic E-state index is 0. The zero-order chi connectivity index (χ0) is 6.57. The highest BCUT2D eigenvalue weighted by Gasteiger charge is 1.99. The number of rotatable bonds is 3. The first-order chi connectivity index (χ1) is 3.63. The Hall–Kier alpha value is 0.842. The molecule has 0 aliphatic carbocycles. The van der Waals surface area contributed by atoms with E-state index in [-0.39, 0.29) is 17.4 Å². The standard InChI is InChI=1S/C4H11O3P.Al.3H/c1-4(2)3-7-8(5)6;;;;/h4-6H,3H2,1-2H3;;;;. The number of hydrogen-bond donors (Lipinski definition) is 2. The summed E-state index contributed by atoms with van der Waals surface area (Å²) in [5.41, 5.74) is 0. The van der Waals surface area contributed by atoms with E-state index in [1.54, 1.807) is 0 Å². The second-order valence-electron chi connectivity index (χ2n) is 1.94. The third-order valence-corrected chi connectivity index (χ3v) is 0.903. The van der Waals surface area contributed by atoms with Crippen LogP contribution in [0.2, 0.25) is 0 Å². The van der Waals surface area contributed by atoms with Gasteiger partial charge in [0, 0.05) is 0 Å². The topological polar surface area (TPSA) is 49.7 Å². The van der Waals surface area contributed by atoms with Gasteiger partial charge < -0.3 is 14.3 Å². The van der Waals surface area contributed by atoms with Gasteiger partial charge in [-0.2, -0.15) is 0 Å². The lowest BCUT2D eigenvalue weighted by Gasteiger charge is -2.04. The summed E-state index contributed by atoms with van der Waals surface area (Å²) in [6, 6.07) is 0. The lowest BCUT2D eigenvalue weighted by Crippen LogP contribution is -1.96. The van der Waals surface area contributed by atoms with Gasteiger partial charge in [0.2, 0.25) is 0 Å². The van der Waals surface area contributed by atoms with E-state index >= 15 is 0 Å². The summed E-state index contributed by atoms with van der Waals surface area (Å²) < 4.78 is 4.48. The van der Waals surface area contributed by atoms with E-state index in [1.807, 2.05) is 13.8 Å². The van der Waals surface area contributed by atoms with Gasteiger partial charge in [-0.3, -0.25) is 0 Å². The molecule has 2 N–H and O–H groups in total. The van der Waals surface area contributed by atoms with Crippen LogP contribution in [0, 0.1) is 5.92 Å². The Bertz CT molecular complexity index is 51.8. The molecule has 0 rings (SSSR count). The van der Waals surface area contributed by atoms with Crippen molar-refractivity contribution in [1.29, 1.82) is 0 Å². The summed E-state index contributed by atoms with van der Waals surface area (Å²) in [6.07, 6.45) is 0. The monoisotopic (exact) mass is 168 g/mol. The predicted octanol–water partition coefficient (Wildman–Crippen LogP) is -0.313. The van der Waals surface area contributed by atoms with Gasteiger partial charge in [0.15, 0.2) is 17.4 Å². The van der Waals surface area contributed by atoms with Crippen molar-refractivity contribution in [3.63, 3.8) is 0 Å². The minimum Gasteiger partial charge on any atom is -0.328 e. The summed E-state index contributed by atoms with van der Waals surface area (Å²) in [6.45, 7) is 4.30. The Kier molecular flexibility index (Phi) is 9.67. The van der Waals surface area contributed by atoms with Crippen LogP contribution in [0.25, 0.3) is 0 Å². The second-order valence-corrected chi connectivity index (χ2v) is 2.71. The van der Waals surface area contributed by atoms with Gasteiger partial charge in [0.05, 0.1) is 6.61 Å². The summed E-state index contributed by atoms with van der Waals surface area (Å²) in [7, 11) is -2.13. The maximum Gasteiger partial charge on any atom is 0.327 e. The normalized spacial score (nSPS) is 10.0. The maximum atomic E-state index is 8.20. The van der Waals surface area contributed by atoms with E-state index in [1.165, 1.54) is 0 Å². The van der Waals surface area contributed by atoms with Gasteiger partial charge >= 0.3 is 8.60 Å². The Morgan fingerprint density at radius 1 is 1.44 bits per heavy atom. The average Bonchev–Trinajstić information content (AvgIpc) is 1.61. The fourth-order valence-electron chi connectivity index (χ4n) is 0.216. The molecule has 0 radical (unpaired) electrons.